The molecule has 1 N–H and O–H groups in total. The molecular formula is C13H13N3O4. The zero-order valence-corrected chi connectivity index (χ0v) is 10.6. The number of anilines is 2. The molecule has 0 spiro atoms. The van der Waals surface area contributed by atoms with Crippen molar-refractivity contribution in [1.29, 1.82) is 0 Å². The van der Waals surface area contributed by atoms with Gasteiger partial charge in [0.05, 0.1) is 11.4 Å². The number of para-hydroxylation sites is 2. The maximum Gasteiger partial charge on any atom is 0.237 e. The van der Waals surface area contributed by atoms with Crippen LogP contribution in [0.15, 0.2) is 24.3 Å². The quantitative estimate of drug-likeness (QED) is 0.644. The minimum Gasteiger partial charge on any atom is -0.324 e. The molecule has 1 saturated carbocycles. The summed E-state index contributed by atoms with van der Waals surface area (Å²) in [7, 11) is 0. The van der Waals surface area contributed by atoms with Crippen LogP contribution in [0.4, 0.5) is 11.4 Å². The Morgan fingerprint density at radius 2 is 2.15 bits per heavy atom. The van der Waals surface area contributed by atoms with Gasteiger partial charge in [-0.15, -0.1) is 0 Å². The van der Waals surface area contributed by atoms with Crippen molar-refractivity contribution in [3.05, 3.63) is 34.4 Å². The predicted octanol–water partition coefficient (Wildman–Crippen LogP) is 1.03. The standard InChI is InChI=1S/C13H13N3O4/c17-12-5-6-15(10-4-2-1-3-9(10)14-12)13(18)8-7-11(8)16(19)20/h1-4,8,11H,5-7H2,(H,14,17). The van der Waals surface area contributed by atoms with Crippen molar-refractivity contribution in [3.63, 3.8) is 0 Å². The Bertz CT molecular complexity index is 601. The minimum absolute atomic E-state index is 0.158. The van der Waals surface area contributed by atoms with Crippen LogP contribution >= 0.6 is 0 Å². The van der Waals surface area contributed by atoms with Crippen LogP contribution in [0.2, 0.25) is 0 Å². The number of carbonyl (C=O) groups excluding carboxylic acids is 2. The second kappa shape index (κ2) is 4.59. The van der Waals surface area contributed by atoms with Crippen molar-refractivity contribution in [2.75, 3.05) is 16.8 Å². The summed E-state index contributed by atoms with van der Waals surface area (Å²) >= 11 is 0. The van der Waals surface area contributed by atoms with E-state index in [0.29, 0.717) is 11.4 Å². The molecular weight excluding hydrogens is 262 g/mol. The molecule has 1 aliphatic heterocycles. The average Bonchev–Trinajstić information content (AvgIpc) is 3.21. The Morgan fingerprint density at radius 3 is 2.85 bits per heavy atom. The van der Waals surface area contributed by atoms with Crippen molar-refractivity contribution in [1.82, 2.24) is 0 Å². The SMILES string of the molecule is O=C1CCN(C(=O)C2CC2[N+](=O)[O-])c2ccccc2N1. The van der Waals surface area contributed by atoms with Crippen LogP contribution in [0, 0.1) is 16.0 Å². The Balaban J connectivity index is 1.88. The minimum atomic E-state index is -0.776. The molecule has 2 amide bonds. The van der Waals surface area contributed by atoms with Gasteiger partial charge < -0.3 is 10.2 Å². The van der Waals surface area contributed by atoms with E-state index < -0.39 is 16.9 Å². The highest BCUT2D eigenvalue weighted by Gasteiger charge is 2.55. The van der Waals surface area contributed by atoms with Crippen molar-refractivity contribution < 1.29 is 14.5 Å². The molecule has 1 aliphatic carbocycles. The van der Waals surface area contributed by atoms with E-state index in [-0.39, 0.29) is 31.2 Å². The first-order chi connectivity index (χ1) is 9.58. The van der Waals surface area contributed by atoms with Crippen molar-refractivity contribution in [2.24, 2.45) is 5.92 Å². The summed E-state index contributed by atoms with van der Waals surface area (Å²) < 4.78 is 0. The summed E-state index contributed by atoms with van der Waals surface area (Å²) in [4.78, 5) is 35.8. The third-order valence-electron chi connectivity index (χ3n) is 3.64. The van der Waals surface area contributed by atoms with Crippen LogP contribution < -0.4 is 10.2 Å². The van der Waals surface area contributed by atoms with E-state index in [2.05, 4.69) is 5.32 Å². The van der Waals surface area contributed by atoms with Gasteiger partial charge in [-0.05, 0) is 12.1 Å². The Morgan fingerprint density at radius 1 is 1.40 bits per heavy atom. The van der Waals surface area contributed by atoms with Crippen LogP contribution in [0.3, 0.4) is 0 Å². The first kappa shape index (κ1) is 12.6. The molecule has 1 fully saturated rings. The molecule has 0 aromatic heterocycles. The Kier molecular flexibility index (Phi) is 2.89. The van der Waals surface area contributed by atoms with Gasteiger partial charge in [-0.2, -0.15) is 0 Å². The highest BCUT2D eigenvalue weighted by molar-refractivity contribution is 6.05. The van der Waals surface area contributed by atoms with Gasteiger partial charge in [-0.1, -0.05) is 12.1 Å². The van der Waals surface area contributed by atoms with Gasteiger partial charge in [0.1, 0.15) is 5.92 Å². The Labute approximate surface area is 114 Å². The lowest BCUT2D eigenvalue weighted by molar-refractivity contribution is -0.497. The van der Waals surface area contributed by atoms with Gasteiger partial charge in [0, 0.05) is 24.3 Å². The number of nitrogens with zero attached hydrogens (tertiary/aromatic N) is 2. The number of rotatable bonds is 2. The highest BCUT2D eigenvalue weighted by atomic mass is 16.6. The summed E-state index contributed by atoms with van der Waals surface area (Å²) in [6.45, 7) is 0.253. The molecule has 7 nitrogen and oxygen atoms in total. The maximum atomic E-state index is 12.4. The van der Waals surface area contributed by atoms with Crippen LogP contribution in [0.5, 0.6) is 0 Å². The second-order valence-electron chi connectivity index (χ2n) is 5.00. The third-order valence-corrected chi connectivity index (χ3v) is 3.64. The van der Waals surface area contributed by atoms with Crippen LogP contribution in [-0.2, 0) is 9.59 Å². The van der Waals surface area contributed by atoms with Gasteiger partial charge >= 0.3 is 0 Å². The third kappa shape index (κ3) is 2.11. The van der Waals surface area contributed by atoms with E-state index in [1.165, 1.54) is 4.90 Å². The fraction of sp³-hybridized carbons (Fsp3) is 0.385. The van der Waals surface area contributed by atoms with Crippen LogP contribution in [-0.4, -0.2) is 29.3 Å². The normalized spacial score (nSPS) is 24.4. The summed E-state index contributed by atoms with van der Waals surface area (Å²) in [6, 6.07) is 6.22. The second-order valence-corrected chi connectivity index (χ2v) is 5.00. The molecule has 1 heterocycles. The molecule has 2 atom stereocenters. The molecule has 2 aliphatic rings. The van der Waals surface area contributed by atoms with Crippen LogP contribution in [0.1, 0.15) is 12.8 Å². The largest absolute Gasteiger partial charge is 0.324 e. The maximum absolute atomic E-state index is 12.4. The monoisotopic (exact) mass is 275 g/mol. The first-order valence-electron chi connectivity index (χ1n) is 6.41. The fourth-order valence-electron chi connectivity index (χ4n) is 2.47. The van der Waals surface area contributed by atoms with E-state index in [4.69, 9.17) is 0 Å². The first-order valence-corrected chi connectivity index (χ1v) is 6.41. The summed E-state index contributed by atoms with van der Waals surface area (Å²) in [6.07, 6.45) is 0.474. The van der Waals surface area contributed by atoms with Gasteiger partial charge in [0.2, 0.25) is 17.9 Å². The number of benzene rings is 1. The molecule has 3 rings (SSSR count). The predicted molar refractivity (Wildman–Crippen MR) is 70.9 cm³/mol. The van der Waals surface area contributed by atoms with Crippen molar-refractivity contribution in [2.45, 2.75) is 18.9 Å². The molecule has 0 radical (unpaired) electrons. The smallest absolute Gasteiger partial charge is 0.237 e. The lowest BCUT2D eigenvalue weighted by Crippen LogP contribution is -2.34. The van der Waals surface area contributed by atoms with Crippen molar-refractivity contribution in [3.8, 4) is 0 Å². The molecule has 0 saturated heterocycles. The molecule has 2 unspecified atom stereocenters. The number of hydrogen-bond acceptors (Lipinski definition) is 4. The molecule has 7 heteroatoms. The molecule has 1 aromatic rings. The number of hydrogen-bond donors (Lipinski definition) is 1. The number of nitrogens with one attached hydrogen (secondary N) is 1. The van der Waals surface area contributed by atoms with E-state index in [9.17, 15) is 19.7 Å². The molecule has 20 heavy (non-hydrogen) atoms. The number of fused-ring (bicyclic) bond motifs is 1. The number of amides is 2. The number of carbonyl (C=O) groups is 2. The molecule has 0 bridgehead atoms. The van der Waals surface area contributed by atoms with E-state index in [1.807, 2.05) is 0 Å². The average molecular weight is 275 g/mol. The zero-order valence-electron chi connectivity index (χ0n) is 10.6. The van der Waals surface area contributed by atoms with E-state index in [0.717, 1.165) is 0 Å². The van der Waals surface area contributed by atoms with Gasteiger partial charge in [0.25, 0.3) is 0 Å². The lowest BCUT2D eigenvalue weighted by Gasteiger charge is -2.21. The van der Waals surface area contributed by atoms with Gasteiger partial charge in [0.15, 0.2) is 0 Å². The highest BCUT2D eigenvalue weighted by Crippen LogP contribution is 2.38. The van der Waals surface area contributed by atoms with E-state index >= 15 is 0 Å². The van der Waals surface area contributed by atoms with Gasteiger partial charge in [-0.3, -0.25) is 19.7 Å². The van der Waals surface area contributed by atoms with Crippen LogP contribution in [0.25, 0.3) is 0 Å². The summed E-state index contributed by atoms with van der Waals surface area (Å²) in [5.74, 6) is -0.990. The summed E-state index contributed by atoms with van der Waals surface area (Å²) in [5, 5.41) is 13.4. The zero-order chi connectivity index (χ0) is 14.3. The molecule has 1 aromatic carbocycles. The lowest BCUT2D eigenvalue weighted by atomic mass is 10.2. The Hall–Kier alpha value is -2.44. The summed E-state index contributed by atoms with van der Waals surface area (Å²) in [5.41, 5.74) is 1.18. The van der Waals surface area contributed by atoms with Gasteiger partial charge in [-0.25, -0.2) is 0 Å². The number of nitro groups is 1. The molecule has 104 valence electrons. The van der Waals surface area contributed by atoms with E-state index in [1.54, 1.807) is 24.3 Å². The van der Waals surface area contributed by atoms with Crippen molar-refractivity contribution >= 4 is 23.2 Å². The topological polar surface area (TPSA) is 92.5 Å². The fourth-order valence-corrected chi connectivity index (χ4v) is 2.47.